The van der Waals surface area contributed by atoms with E-state index in [1.807, 2.05) is 35.0 Å². The monoisotopic (exact) mass is 483 g/mol. The minimum atomic E-state index is -1.21. The predicted molar refractivity (Wildman–Crippen MR) is 134 cm³/mol. The number of H-pyrrole nitrogens is 1. The lowest BCUT2D eigenvalue weighted by molar-refractivity contribution is 0.0970. The molecule has 0 bridgehead atoms. The van der Waals surface area contributed by atoms with Gasteiger partial charge in [0, 0.05) is 16.1 Å². The third-order valence-corrected chi connectivity index (χ3v) is 8.36. The maximum atomic E-state index is 13.8. The van der Waals surface area contributed by atoms with Crippen LogP contribution >= 0.6 is 11.3 Å². The lowest BCUT2D eigenvalue weighted by Crippen LogP contribution is -2.21. The Morgan fingerprint density at radius 3 is 2.60 bits per heavy atom. The smallest absolute Gasteiger partial charge is 0.259 e. The van der Waals surface area contributed by atoms with Crippen LogP contribution in [0, 0.1) is 11.3 Å². The van der Waals surface area contributed by atoms with Crippen LogP contribution in [0.3, 0.4) is 0 Å². The zero-order valence-corrected chi connectivity index (χ0v) is 20.2. The number of aromatic amines is 1. The van der Waals surface area contributed by atoms with Crippen LogP contribution in [0.1, 0.15) is 76.0 Å². The van der Waals surface area contributed by atoms with Crippen LogP contribution in [0.15, 0.2) is 35.1 Å². The zero-order valence-electron chi connectivity index (χ0n) is 19.3. The first-order valence-electron chi connectivity index (χ1n) is 12.3. The fourth-order valence-corrected chi connectivity index (χ4v) is 6.72. The van der Waals surface area contributed by atoms with Crippen LogP contribution in [0.2, 0.25) is 0 Å². The quantitative estimate of drug-likeness (QED) is 0.331. The summed E-state index contributed by atoms with van der Waals surface area (Å²) in [7, 11) is 0. The Kier molecular flexibility index (Phi) is 5.57. The van der Waals surface area contributed by atoms with Gasteiger partial charge in [-0.25, -0.2) is 9.67 Å². The summed E-state index contributed by atoms with van der Waals surface area (Å²) >= 11 is 1.52. The number of fused-ring (bicyclic) bond motifs is 4. The topological polar surface area (TPSA) is 104 Å². The number of para-hydroxylation sites is 1. The SMILES string of the molecule is N#CC(C(=O)c1nn(-c2ccccc2)c2c1CCCCC2)c1nc2sc3c(c2c(=O)[nH]1)CCCC3. The van der Waals surface area contributed by atoms with E-state index in [4.69, 9.17) is 5.10 Å². The Morgan fingerprint density at radius 1 is 1.03 bits per heavy atom. The molecule has 1 N–H and O–H groups in total. The van der Waals surface area contributed by atoms with Gasteiger partial charge in [-0.1, -0.05) is 24.6 Å². The van der Waals surface area contributed by atoms with Crippen molar-refractivity contribution >= 4 is 27.3 Å². The number of benzene rings is 1. The molecular weight excluding hydrogens is 458 g/mol. The molecule has 3 heterocycles. The predicted octanol–water partition coefficient (Wildman–Crippen LogP) is 4.81. The van der Waals surface area contributed by atoms with Crippen LogP contribution < -0.4 is 5.56 Å². The molecule has 2 aliphatic rings. The Balaban J connectivity index is 1.45. The summed E-state index contributed by atoms with van der Waals surface area (Å²) in [6.07, 6.45) is 8.70. The van der Waals surface area contributed by atoms with Crippen molar-refractivity contribution in [1.82, 2.24) is 19.7 Å². The van der Waals surface area contributed by atoms with Crippen LogP contribution in [-0.2, 0) is 25.7 Å². The zero-order chi connectivity index (χ0) is 23.9. The van der Waals surface area contributed by atoms with Crippen LogP contribution in [0.4, 0.5) is 0 Å². The summed E-state index contributed by atoms with van der Waals surface area (Å²) in [5.41, 5.74) is 4.01. The summed E-state index contributed by atoms with van der Waals surface area (Å²) < 4.78 is 1.86. The summed E-state index contributed by atoms with van der Waals surface area (Å²) in [5, 5.41) is 15.4. The highest BCUT2D eigenvalue weighted by Crippen LogP contribution is 2.34. The number of nitrogens with zero attached hydrogens (tertiary/aromatic N) is 4. The highest BCUT2D eigenvalue weighted by atomic mass is 32.1. The van der Waals surface area contributed by atoms with Crippen molar-refractivity contribution in [2.45, 2.75) is 63.7 Å². The van der Waals surface area contributed by atoms with E-state index in [1.165, 1.54) is 16.2 Å². The summed E-state index contributed by atoms with van der Waals surface area (Å²) in [5.74, 6) is -1.49. The molecule has 4 aromatic rings. The van der Waals surface area contributed by atoms with Gasteiger partial charge in [-0.3, -0.25) is 9.59 Å². The van der Waals surface area contributed by atoms with Crippen molar-refractivity contribution in [1.29, 1.82) is 5.26 Å². The van der Waals surface area contributed by atoms with Crippen LogP contribution in [-0.4, -0.2) is 25.5 Å². The van der Waals surface area contributed by atoms with E-state index in [0.29, 0.717) is 15.9 Å². The third kappa shape index (κ3) is 3.71. The first-order valence-corrected chi connectivity index (χ1v) is 13.1. The van der Waals surface area contributed by atoms with Gasteiger partial charge in [-0.2, -0.15) is 10.4 Å². The standard InChI is InChI=1S/C27H25N5O2S/c28-15-19(25-29-26(34)22-18-12-7-8-14-21(18)35-27(22)30-25)24(33)23-17-11-5-2-6-13-20(17)32(31-23)16-9-3-1-4-10-16/h1,3-4,9-10,19H,2,5-8,11-14H2,(H,29,30,34). The molecular formula is C27H25N5O2S. The number of nitrogens with one attached hydrogen (secondary N) is 1. The number of aromatic nitrogens is 4. The van der Waals surface area contributed by atoms with Crippen LogP contribution in [0.25, 0.3) is 15.9 Å². The fourth-order valence-electron chi connectivity index (χ4n) is 5.45. The average Bonchev–Trinajstić information content (AvgIpc) is 3.34. The molecule has 3 aromatic heterocycles. The van der Waals surface area contributed by atoms with E-state index in [2.05, 4.69) is 16.0 Å². The summed E-state index contributed by atoms with van der Waals surface area (Å²) in [6.45, 7) is 0. The van der Waals surface area contributed by atoms with Gasteiger partial charge in [0.1, 0.15) is 16.3 Å². The molecule has 0 aliphatic heterocycles. The Morgan fingerprint density at radius 2 is 1.77 bits per heavy atom. The van der Waals surface area contributed by atoms with Crippen molar-refractivity contribution in [2.75, 3.05) is 0 Å². The molecule has 1 unspecified atom stereocenters. The van der Waals surface area contributed by atoms with Crippen molar-refractivity contribution < 1.29 is 4.79 Å². The number of thiophene rings is 1. The first kappa shape index (κ1) is 21.9. The highest BCUT2D eigenvalue weighted by Gasteiger charge is 2.32. The number of aryl methyl sites for hydroxylation is 2. The summed E-state index contributed by atoms with van der Waals surface area (Å²) in [4.78, 5) is 36.1. The molecule has 0 saturated heterocycles. The van der Waals surface area contributed by atoms with E-state index in [9.17, 15) is 14.9 Å². The number of nitriles is 1. The van der Waals surface area contributed by atoms with Crippen molar-refractivity contribution in [3.63, 3.8) is 0 Å². The first-order chi connectivity index (χ1) is 17.2. The number of Topliss-reactive ketones (excluding diaryl/α,β-unsaturated/α-hetero) is 1. The molecule has 0 radical (unpaired) electrons. The van der Waals surface area contributed by atoms with E-state index in [-0.39, 0.29) is 11.4 Å². The second-order valence-corrected chi connectivity index (χ2v) is 10.4. The van der Waals surface area contributed by atoms with E-state index < -0.39 is 11.7 Å². The number of hydrogen-bond donors (Lipinski definition) is 1. The number of carbonyl (C=O) groups excluding carboxylic acids is 1. The molecule has 1 aromatic carbocycles. The lowest BCUT2D eigenvalue weighted by Gasteiger charge is -2.10. The molecule has 2 aliphatic carbocycles. The Labute approximate surface area is 206 Å². The molecule has 7 nitrogen and oxygen atoms in total. The molecule has 176 valence electrons. The second kappa shape index (κ2) is 8.90. The van der Waals surface area contributed by atoms with Gasteiger partial charge < -0.3 is 4.98 Å². The molecule has 0 amide bonds. The summed E-state index contributed by atoms with van der Waals surface area (Å²) in [6, 6.07) is 11.9. The van der Waals surface area contributed by atoms with Gasteiger partial charge in [0.15, 0.2) is 5.92 Å². The average molecular weight is 484 g/mol. The van der Waals surface area contributed by atoms with Crippen molar-refractivity contribution in [3.8, 4) is 11.8 Å². The van der Waals surface area contributed by atoms with Crippen LogP contribution in [0.5, 0.6) is 0 Å². The van der Waals surface area contributed by atoms with Gasteiger partial charge >= 0.3 is 0 Å². The number of carbonyl (C=O) groups is 1. The molecule has 0 fully saturated rings. The van der Waals surface area contributed by atoms with E-state index in [0.717, 1.165) is 80.3 Å². The number of rotatable bonds is 4. The highest BCUT2D eigenvalue weighted by molar-refractivity contribution is 7.18. The fraction of sp³-hybridized carbons (Fsp3) is 0.370. The van der Waals surface area contributed by atoms with E-state index >= 15 is 0 Å². The van der Waals surface area contributed by atoms with Gasteiger partial charge in [0.05, 0.1) is 17.1 Å². The Bertz CT molecular complexity index is 1540. The molecule has 0 saturated carbocycles. The Hall–Kier alpha value is -3.57. The second-order valence-electron chi connectivity index (χ2n) is 9.35. The van der Waals surface area contributed by atoms with Gasteiger partial charge in [0.2, 0.25) is 5.78 Å². The van der Waals surface area contributed by atoms with Gasteiger partial charge in [-0.15, -0.1) is 11.3 Å². The maximum Gasteiger partial charge on any atom is 0.259 e. The van der Waals surface area contributed by atoms with Crippen molar-refractivity contribution in [3.05, 3.63) is 73.9 Å². The molecule has 1 atom stereocenters. The van der Waals surface area contributed by atoms with Gasteiger partial charge in [-0.05, 0) is 69.1 Å². The minimum absolute atomic E-state index is 0.116. The normalized spacial score (nSPS) is 16.2. The maximum absolute atomic E-state index is 13.8. The van der Waals surface area contributed by atoms with Crippen molar-refractivity contribution in [2.24, 2.45) is 0 Å². The number of ketones is 1. The van der Waals surface area contributed by atoms with Gasteiger partial charge in [0.25, 0.3) is 5.56 Å². The lowest BCUT2D eigenvalue weighted by atomic mass is 9.96. The number of hydrogen-bond acceptors (Lipinski definition) is 6. The minimum Gasteiger partial charge on any atom is -0.308 e. The third-order valence-electron chi connectivity index (χ3n) is 7.17. The molecule has 6 rings (SSSR count). The van der Waals surface area contributed by atoms with E-state index in [1.54, 1.807) is 0 Å². The largest absolute Gasteiger partial charge is 0.308 e. The molecule has 35 heavy (non-hydrogen) atoms. The molecule has 0 spiro atoms. The molecule has 8 heteroatoms.